The molecule has 1 aromatic heterocycles. The monoisotopic (exact) mass is 488 g/mol. The zero-order valence-corrected chi connectivity index (χ0v) is 21.0. The molecule has 1 saturated heterocycles. The number of hydrogen-bond acceptors (Lipinski definition) is 5. The van der Waals surface area contributed by atoms with Crippen LogP contribution in [-0.2, 0) is 11.2 Å². The van der Waals surface area contributed by atoms with Gasteiger partial charge in [-0.25, -0.2) is 4.98 Å². The van der Waals surface area contributed by atoms with Crippen LogP contribution in [0.15, 0.2) is 47.3 Å². The minimum absolute atomic E-state index is 0.0212. The Labute approximate surface area is 209 Å². The lowest BCUT2D eigenvalue weighted by Crippen LogP contribution is -2.42. The summed E-state index contributed by atoms with van der Waals surface area (Å²) >= 11 is 0. The number of hydrogen-bond donors (Lipinski definition) is 2. The average molecular weight is 489 g/mol. The van der Waals surface area contributed by atoms with Crippen LogP contribution in [0.3, 0.4) is 0 Å². The molecule has 1 aliphatic heterocycles. The van der Waals surface area contributed by atoms with Crippen molar-refractivity contribution < 1.29 is 14.4 Å². The zero-order valence-electron chi connectivity index (χ0n) is 21.0. The maximum atomic E-state index is 13.1. The van der Waals surface area contributed by atoms with Gasteiger partial charge in [-0.15, -0.1) is 0 Å². The first-order valence-corrected chi connectivity index (χ1v) is 12.2. The first-order valence-electron chi connectivity index (χ1n) is 12.2. The summed E-state index contributed by atoms with van der Waals surface area (Å²) in [5.41, 5.74) is 7.16. The van der Waals surface area contributed by atoms with Gasteiger partial charge in [0, 0.05) is 43.0 Å². The molecule has 8 nitrogen and oxygen atoms in total. The highest BCUT2D eigenvalue weighted by Gasteiger charge is 2.31. The van der Waals surface area contributed by atoms with Crippen LogP contribution in [0.1, 0.15) is 65.2 Å². The van der Waals surface area contributed by atoms with Gasteiger partial charge in [0.1, 0.15) is 5.82 Å². The lowest BCUT2D eigenvalue weighted by atomic mass is 9.83. The van der Waals surface area contributed by atoms with Gasteiger partial charge in [-0.2, -0.15) is 0 Å². The summed E-state index contributed by atoms with van der Waals surface area (Å²) in [5, 5.41) is 0.561. The van der Waals surface area contributed by atoms with Crippen LogP contribution in [0.5, 0.6) is 0 Å². The van der Waals surface area contributed by atoms with Gasteiger partial charge in [0.2, 0.25) is 11.8 Å². The number of carbonyl (C=O) groups is 3. The number of benzene rings is 2. The van der Waals surface area contributed by atoms with E-state index in [2.05, 4.69) is 9.97 Å². The van der Waals surface area contributed by atoms with Crippen molar-refractivity contribution in [2.75, 3.05) is 13.1 Å². The Kier molecular flexibility index (Phi) is 7.06. The second-order valence-corrected chi connectivity index (χ2v) is 10.5. The predicted octanol–water partition coefficient (Wildman–Crippen LogP) is 3.41. The normalized spacial score (nSPS) is 14.7. The molecule has 3 aromatic rings. The average Bonchev–Trinajstić information content (AvgIpc) is 2.84. The molecule has 0 spiro atoms. The highest BCUT2D eigenvalue weighted by Crippen LogP contribution is 2.28. The van der Waals surface area contributed by atoms with E-state index in [1.165, 1.54) is 6.07 Å². The topological polar surface area (TPSA) is 126 Å². The van der Waals surface area contributed by atoms with Gasteiger partial charge < -0.3 is 15.6 Å². The summed E-state index contributed by atoms with van der Waals surface area (Å²) in [4.78, 5) is 59.4. The molecule has 2 amide bonds. The number of piperidine rings is 1. The van der Waals surface area contributed by atoms with Crippen LogP contribution in [0.2, 0.25) is 0 Å². The summed E-state index contributed by atoms with van der Waals surface area (Å²) in [6.45, 7) is 6.93. The second kappa shape index (κ2) is 10.0. The largest absolute Gasteiger partial charge is 0.366 e. The highest BCUT2D eigenvalue weighted by molar-refractivity contribution is 6.01. The number of Topliss-reactive ketones (excluding diaryl/α,β-unsaturated/α-hetero) is 1. The van der Waals surface area contributed by atoms with Crippen molar-refractivity contribution in [2.45, 2.75) is 46.5 Å². The number of aryl methyl sites for hydroxylation is 1. The summed E-state index contributed by atoms with van der Waals surface area (Å²) in [6.07, 6.45) is 1.92. The maximum Gasteiger partial charge on any atom is 0.258 e. The van der Waals surface area contributed by atoms with E-state index in [1.807, 2.05) is 37.8 Å². The van der Waals surface area contributed by atoms with E-state index in [0.717, 1.165) is 5.56 Å². The van der Waals surface area contributed by atoms with E-state index < -0.39 is 11.3 Å². The van der Waals surface area contributed by atoms with E-state index in [-0.39, 0.29) is 23.2 Å². The summed E-state index contributed by atoms with van der Waals surface area (Å²) < 4.78 is 0. The first kappa shape index (κ1) is 25.3. The van der Waals surface area contributed by atoms with E-state index in [0.29, 0.717) is 66.6 Å². The smallest absolute Gasteiger partial charge is 0.258 e. The molecule has 0 bridgehead atoms. The summed E-state index contributed by atoms with van der Waals surface area (Å²) in [6, 6.07) is 12.0. The molecule has 1 aliphatic rings. The van der Waals surface area contributed by atoms with Gasteiger partial charge >= 0.3 is 0 Å². The molecule has 3 N–H and O–H groups in total. The molecule has 8 heteroatoms. The number of ketones is 1. The predicted molar refractivity (Wildman–Crippen MR) is 138 cm³/mol. The number of likely N-dealkylation sites (tertiary alicyclic amines) is 1. The lowest BCUT2D eigenvalue weighted by Gasteiger charge is -2.34. The third-order valence-electron chi connectivity index (χ3n) is 6.91. The number of aromatic amines is 1. The van der Waals surface area contributed by atoms with E-state index in [9.17, 15) is 19.2 Å². The van der Waals surface area contributed by atoms with Gasteiger partial charge in [0.15, 0.2) is 5.78 Å². The Morgan fingerprint density at radius 1 is 1.08 bits per heavy atom. The molecule has 0 radical (unpaired) electrons. The van der Waals surface area contributed by atoms with Gasteiger partial charge in [0.05, 0.1) is 10.9 Å². The Morgan fingerprint density at radius 2 is 1.75 bits per heavy atom. The molecule has 0 aliphatic carbocycles. The second-order valence-electron chi connectivity index (χ2n) is 10.5. The van der Waals surface area contributed by atoms with Crippen LogP contribution in [0, 0.1) is 18.3 Å². The van der Waals surface area contributed by atoms with Crippen molar-refractivity contribution in [3.8, 4) is 0 Å². The molecule has 188 valence electrons. The fourth-order valence-corrected chi connectivity index (χ4v) is 4.93. The van der Waals surface area contributed by atoms with Gasteiger partial charge in [0.25, 0.3) is 5.56 Å². The molecule has 36 heavy (non-hydrogen) atoms. The fourth-order valence-electron chi connectivity index (χ4n) is 4.93. The number of H-pyrrole nitrogens is 1. The SMILES string of the molecule is Cc1cccc2c(=O)[nH]c(CC(C)(C)CC(=O)N3CCC(C(=O)c4cccc(C(N)=O)c4)CC3)nc12. The minimum Gasteiger partial charge on any atom is -0.366 e. The van der Waals surface area contributed by atoms with Crippen LogP contribution in [0.25, 0.3) is 10.9 Å². The minimum atomic E-state index is -0.564. The van der Waals surface area contributed by atoms with Crippen molar-refractivity contribution in [1.29, 1.82) is 0 Å². The van der Waals surface area contributed by atoms with E-state index in [1.54, 1.807) is 24.3 Å². The van der Waals surface area contributed by atoms with Gasteiger partial charge in [-0.05, 0) is 48.9 Å². The number of rotatable bonds is 7. The lowest BCUT2D eigenvalue weighted by molar-refractivity contribution is -0.134. The zero-order chi connectivity index (χ0) is 26.0. The number of aromatic nitrogens is 2. The van der Waals surface area contributed by atoms with Crippen molar-refractivity contribution in [2.24, 2.45) is 17.1 Å². The van der Waals surface area contributed by atoms with Crippen LogP contribution < -0.4 is 11.3 Å². The molecule has 1 fully saturated rings. The molecular formula is C28H32N4O4. The molecular weight excluding hydrogens is 456 g/mol. The Bertz CT molecular complexity index is 1380. The number of fused-ring (bicyclic) bond motifs is 1. The van der Waals surface area contributed by atoms with Crippen LogP contribution in [-0.4, -0.2) is 45.6 Å². The number of nitrogens with two attached hydrogens (primary N) is 1. The molecule has 4 rings (SSSR count). The Balaban J connectivity index is 1.37. The highest BCUT2D eigenvalue weighted by atomic mass is 16.2. The number of primary amides is 1. The molecule has 0 saturated carbocycles. The van der Waals surface area contributed by atoms with Crippen molar-refractivity contribution in [3.05, 3.63) is 75.3 Å². The molecule has 0 atom stereocenters. The maximum absolute atomic E-state index is 13.1. The molecule has 0 unspecified atom stereocenters. The number of nitrogens with one attached hydrogen (secondary N) is 1. The Morgan fingerprint density at radius 3 is 2.44 bits per heavy atom. The molecule has 2 heterocycles. The van der Waals surface area contributed by atoms with E-state index >= 15 is 0 Å². The standard InChI is InChI=1S/C28H32N4O4/c1-17-6-4-9-21-24(17)30-22(31-27(21)36)15-28(2,3)16-23(33)32-12-10-18(11-13-32)25(34)19-7-5-8-20(14-19)26(29)35/h4-9,14,18H,10-13,15-16H2,1-3H3,(H2,29,35)(H,30,31,36). The van der Waals surface area contributed by atoms with Crippen LogP contribution >= 0.6 is 0 Å². The third-order valence-corrected chi connectivity index (χ3v) is 6.91. The van der Waals surface area contributed by atoms with Crippen molar-refractivity contribution in [1.82, 2.24) is 14.9 Å². The van der Waals surface area contributed by atoms with E-state index in [4.69, 9.17) is 5.73 Å². The van der Waals surface area contributed by atoms with Gasteiger partial charge in [-0.1, -0.05) is 38.1 Å². The number of para-hydroxylation sites is 1. The summed E-state index contributed by atoms with van der Waals surface area (Å²) in [5.74, 6) is -0.179. The fraction of sp³-hybridized carbons (Fsp3) is 0.393. The number of carbonyl (C=O) groups excluding carboxylic acids is 3. The van der Waals surface area contributed by atoms with Gasteiger partial charge in [-0.3, -0.25) is 19.2 Å². The van der Waals surface area contributed by atoms with Crippen LogP contribution in [0.4, 0.5) is 0 Å². The van der Waals surface area contributed by atoms with Crippen molar-refractivity contribution in [3.63, 3.8) is 0 Å². The molecule has 2 aromatic carbocycles. The third kappa shape index (κ3) is 5.53. The first-order chi connectivity index (χ1) is 17.0. The number of amides is 2. The quantitative estimate of drug-likeness (QED) is 0.493. The number of nitrogens with zero attached hydrogens (tertiary/aromatic N) is 2. The Hall–Kier alpha value is -3.81. The van der Waals surface area contributed by atoms with Crippen molar-refractivity contribution >= 4 is 28.5 Å². The summed E-state index contributed by atoms with van der Waals surface area (Å²) in [7, 11) is 0.